The maximum Gasteiger partial charge on any atom is 0.374 e. The number of aromatic nitrogens is 2. The topological polar surface area (TPSA) is 75.1 Å². The molecular formula is C16H19N3O2. The number of carbonyl (C=O) groups is 1. The standard InChI is InChI=1S/C16H19N3O2/c1-2-7-16(8-9-16)10-17-13-11-5-3-4-6-12(11)18-14(19-13)15(20)21/h3-6H,2,7-10H2,1H3,(H,20,21)(H,17,18,19). The Morgan fingerprint density at radius 3 is 2.76 bits per heavy atom. The Morgan fingerprint density at radius 1 is 1.33 bits per heavy atom. The SMILES string of the molecule is CCCC1(CNc2nc(C(=O)O)nc3ccccc23)CC1. The fourth-order valence-electron chi connectivity index (χ4n) is 2.80. The number of benzene rings is 1. The van der Waals surface area contributed by atoms with Gasteiger partial charge in [0.15, 0.2) is 0 Å². The van der Waals surface area contributed by atoms with E-state index in [1.807, 2.05) is 24.3 Å². The summed E-state index contributed by atoms with van der Waals surface area (Å²) in [7, 11) is 0. The molecule has 5 heteroatoms. The number of carboxylic acids is 1. The summed E-state index contributed by atoms with van der Waals surface area (Å²) in [6, 6.07) is 7.50. The van der Waals surface area contributed by atoms with Gasteiger partial charge in [-0.2, -0.15) is 0 Å². The summed E-state index contributed by atoms with van der Waals surface area (Å²) in [6.45, 7) is 3.05. The van der Waals surface area contributed by atoms with Crippen LogP contribution in [0.2, 0.25) is 0 Å². The molecule has 3 rings (SSSR count). The number of nitrogens with one attached hydrogen (secondary N) is 1. The van der Waals surface area contributed by atoms with Gasteiger partial charge in [0.05, 0.1) is 5.52 Å². The van der Waals surface area contributed by atoms with E-state index in [4.69, 9.17) is 5.11 Å². The Labute approximate surface area is 123 Å². The molecule has 0 unspecified atom stereocenters. The third kappa shape index (κ3) is 2.82. The van der Waals surface area contributed by atoms with Crippen molar-refractivity contribution in [3.05, 3.63) is 30.1 Å². The Bertz CT molecular complexity index is 680. The number of carboxylic acid groups (broad SMARTS) is 1. The highest BCUT2D eigenvalue weighted by molar-refractivity contribution is 5.93. The zero-order chi connectivity index (χ0) is 14.9. The monoisotopic (exact) mass is 285 g/mol. The molecule has 110 valence electrons. The molecule has 5 nitrogen and oxygen atoms in total. The first-order chi connectivity index (χ1) is 10.1. The minimum absolute atomic E-state index is 0.156. The van der Waals surface area contributed by atoms with E-state index < -0.39 is 5.97 Å². The van der Waals surface area contributed by atoms with Gasteiger partial charge in [0.1, 0.15) is 5.82 Å². The van der Waals surface area contributed by atoms with Gasteiger partial charge < -0.3 is 10.4 Å². The number of aromatic carboxylic acids is 1. The van der Waals surface area contributed by atoms with Crippen LogP contribution < -0.4 is 5.32 Å². The van der Waals surface area contributed by atoms with Gasteiger partial charge in [0.25, 0.3) is 0 Å². The maximum atomic E-state index is 11.2. The first-order valence-corrected chi connectivity index (χ1v) is 7.37. The maximum absolute atomic E-state index is 11.2. The first-order valence-electron chi connectivity index (χ1n) is 7.37. The second-order valence-corrected chi connectivity index (χ2v) is 5.82. The third-order valence-corrected chi connectivity index (χ3v) is 4.16. The van der Waals surface area contributed by atoms with Crippen molar-refractivity contribution in [3.8, 4) is 0 Å². The van der Waals surface area contributed by atoms with Gasteiger partial charge in [-0.25, -0.2) is 14.8 Å². The molecule has 1 aromatic heterocycles. The van der Waals surface area contributed by atoms with Gasteiger partial charge in [-0.3, -0.25) is 0 Å². The van der Waals surface area contributed by atoms with Gasteiger partial charge in [-0.1, -0.05) is 25.5 Å². The first kappa shape index (κ1) is 13.8. The van der Waals surface area contributed by atoms with Crippen molar-refractivity contribution in [2.24, 2.45) is 5.41 Å². The Morgan fingerprint density at radius 2 is 2.10 bits per heavy atom. The average molecular weight is 285 g/mol. The minimum Gasteiger partial charge on any atom is -0.475 e. The average Bonchev–Trinajstić information content (AvgIpc) is 3.25. The van der Waals surface area contributed by atoms with Crippen molar-refractivity contribution < 1.29 is 9.90 Å². The molecule has 0 aliphatic heterocycles. The van der Waals surface area contributed by atoms with Crippen molar-refractivity contribution in [1.29, 1.82) is 0 Å². The summed E-state index contributed by atoms with van der Waals surface area (Å²) < 4.78 is 0. The molecule has 0 radical (unpaired) electrons. The largest absolute Gasteiger partial charge is 0.475 e. The lowest BCUT2D eigenvalue weighted by molar-refractivity contribution is 0.0684. The summed E-state index contributed by atoms with van der Waals surface area (Å²) in [5.41, 5.74) is 1.04. The number of hydrogen-bond acceptors (Lipinski definition) is 4. The number of nitrogens with zero attached hydrogens (tertiary/aromatic N) is 2. The van der Waals surface area contributed by atoms with Crippen LogP contribution in [-0.4, -0.2) is 27.6 Å². The number of rotatable bonds is 6. The van der Waals surface area contributed by atoms with Crippen LogP contribution in [0.25, 0.3) is 10.9 Å². The number of fused-ring (bicyclic) bond motifs is 1. The second-order valence-electron chi connectivity index (χ2n) is 5.82. The van der Waals surface area contributed by atoms with E-state index in [9.17, 15) is 4.79 Å². The Balaban J connectivity index is 1.91. The number of para-hydroxylation sites is 1. The van der Waals surface area contributed by atoms with E-state index in [2.05, 4.69) is 22.2 Å². The molecular weight excluding hydrogens is 266 g/mol. The summed E-state index contributed by atoms with van der Waals surface area (Å²) in [5.74, 6) is -0.629. The van der Waals surface area contributed by atoms with Crippen LogP contribution in [0, 0.1) is 5.41 Å². The van der Waals surface area contributed by atoms with Crippen molar-refractivity contribution in [2.45, 2.75) is 32.6 Å². The molecule has 2 aromatic rings. The Hall–Kier alpha value is -2.17. The molecule has 0 atom stereocenters. The van der Waals surface area contributed by atoms with Crippen molar-refractivity contribution in [3.63, 3.8) is 0 Å². The lowest BCUT2D eigenvalue weighted by Gasteiger charge is -2.16. The summed E-state index contributed by atoms with van der Waals surface area (Å²) in [5, 5.41) is 13.4. The molecule has 1 heterocycles. The minimum atomic E-state index is -1.10. The number of anilines is 1. The highest BCUT2D eigenvalue weighted by Gasteiger charge is 2.41. The molecule has 1 saturated carbocycles. The van der Waals surface area contributed by atoms with Crippen LogP contribution in [0.4, 0.5) is 5.82 Å². The smallest absolute Gasteiger partial charge is 0.374 e. The van der Waals surface area contributed by atoms with E-state index in [0.717, 1.165) is 11.9 Å². The quantitative estimate of drug-likeness (QED) is 0.851. The van der Waals surface area contributed by atoms with E-state index in [1.54, 1.807) is 0 Å². The molecule has 1 fully saturated rings. The van der Waals surface area contributed by atoms with Crippen molar-refractivity contribution in [1.82, 2.24) is 9.97 Å². The number of hydrogen-bond donors (Lipinski definition) is 2. The van der Waals surface area contributed by atoms with Gasteiger partial charge >= 0.3 is 5.97 Å². The summed E-state index contributed by atoms with van der Waals surface area (Å²) in [6.07, 6.45) is 4.85. The van der Waals surface area contributed by atoms with E-state index >= 15 is 0 Å². The van der Waals surface area contributed by atoms with Crippen LogP contribution in [0.3, 0.4) is 0 Å². The van der Waals surface area contributed by atoms with Crippen LogP contribution in [0.5, 0.6) is 0 Å². The molecule has 0 saturated heterocycles. The molecule has 21 heavy (non-hydrogen) atoms. The predicted octanol–water partition coefficient (Wildman–Crippen LogP) is 3.32. The summed E-state index contributed by atoms with van der Waals surface area (Å²) in [4.78, 5) is 19.4. The highest BCUT2D eigenvalue weighted by Crippen LogP contribution is 2.49. The Kier molecular flexibility index (Phi) is 3.49. The van der Waals surface area contributed by atoms with Gasteiger partial charge in [0, 0.05) is 11.9 Å². The highest BCUT2D eigenvalue weighted by atomic mass is 16.4. The molecule has 0 bridgehead atoms. The zero-order valence-electron chi connectivity index (χ0n) is 12.1. The fraction of sp³-hybridized carbons (Fsp3) is 0.438. The molecule has 1 aliphatic carbocycles. The molecule has 1 aromatic carbocycles. The lowest BCUT2D eigenvalue weighted by atomic mass is 10.0. The van der Waals surface area contributed by atoms with Crippen molar-refractivity contribution in [2.75, 3.05) is 11.9 Å². The predicted molar refractivity (Wildman–Crippen MR) is 81.6 cm³/mol. The van der Waals surface area contributed by atoms with E-state index in [1.165, 1.54) is 25.7 Å². The molecule has 0 spiro atoms. The molecule has 2 N–H and O–H groups in total. The summed E-state index contributed by atoms with van der Waals surface area (Å²) >= 11 is 0. The van der Waals surface area contributed by atoms with Crippen LogP contribution in [-0.2, 0) is 0 Å². The third-order valence-electron chi connectivity index (χ3n) is 4.16. The van der Waals surface area contributed by atoms with Gasteiger partial charge in [-0.05, 0) is 36.8 Å². The lowest BCUT2D eigenvalue weighted by Crippen LogP contribution is -2.17. The second kappa shape index (κ2) is 5.31. The van der Waals surface area contributed by atoms with Crippen molar-refractivity contribution >= 4 is 22.7 Å². The molecule has 1 aliphatic rings. The van der Waals surface area contributed by atoms with E-state index in [-0.39, 0.29) is 5.82 Å². The normalized spacial score (nSPS) is 15.9. The van der Waals surface area contributed by atoms with E-state index in [0.29, 0.717) is 16.7 Å². The molecule has 0 amide bonds. The van der Waals surface area contributed by atoms with Crippen LogP contribution in [0.1, 0.15) is 43.2 Å². The van der Waals surface area contributed by atoms with Gasteiger partial charge in [0.2, 0.25) is 5.82 Å². The zero-order valence-corrected chi connectivity index (χ0v) is 12.1. The van der Waals surface area contributed by atoms with Crippen LogP contribution >= 0.6 is 0 Å². The van der Waals surface area contributed by atoms with Crippen LogP contribution in [0.15, 0.2) is 24.3 Å². The fourth-order valence-corrected chi connectivity index (χ4v) is 2.80. The van der Waals surface area contributed by atoms with Gasteiger partial charge in [-0.15, -0.1) is 0 Å².